The minimum atomic E-state index is -1.10. The van der Waals surface area contributed by atoms with Gasteiger partial charge in [0.25, 0.3) is 5.91 Å². The fourth-order valence-corrected chi connectivity index (χ4v) is 6.11. The number of piperidine rings is 1. The van der Waals surface area contributed by atoms with Crippen molar-refractivity contribution in [2.24, 2.45) is 11.8 Å². The van der Waals surface area contributed by atoms with Gasteiger partial charge in [-0.05, 0) is 43.6 Å². The maximum atomic E-state index is 13.6. The van der Waals surface area contributed by atoms with Crippen LogP contribution in [0.15, 0.2) is 30.3 Å². The quantitative estimate of drug-likeness (QED) is 0.317. The lowest BCUT2D eigenvalue weighted by Gasteiger charge is -2.38. The Hall–Kier alpha value is -3.56. The maximum absolute atomic E-state index is 13.6. The molecule has 40 heavy (non-hydrogen) atoms. The summed E-state index contributed by atoms with van der Waals surface area (Å²) in [6.07, 6.45) is 7.27. The van der Waals surface area contributed by atoms with Gasteiger partial charge in [0.05, 0.1) is 6.04 Å². The molecule has 4 atom stereocenters. The van der Waals surface area contributed by atoms with E-state index in [0.717, 1.165) is 49.0 Å². The van der Waals surface area contributed by atoms with E-state index in [1.807, 2.05) is 30.3 Å². The lowest BCUT2D eigenvalue weighted by atomic mass is 9.83. The Labute approximate surface area is 234 Å². The third-order valence-corrected chi connectivity index (χ3v) is 8.31. The van der Waals surface area contributed by atoms with Crippen LogP contribution in [-0.2, 0) is 35.3 Å². The summed E-state index contributed by atoms with van der Waals surface area (Å²) < 4.78 is 5.26. The fourth-order valence-electron chi connectivity index (χ4n) is 6.11. The first-order valence-electron chi connectivity index (χ1n) is 14.5. The van der Waals surface area contributed by atoms with Gasteiger partial charge in [0, 0.05) is 18.8 Å². The molecule has 10 heteroatoms. The molecule has 216 valence electrons. The van der Waals surface area contributed by atoms with Gasteiger partial charge in [0.15, 0.2) is 0 Å². The fraction of sp³-hybridized carbons (Fsp3) is 0.600. The molecular weight excluding hydrogens is 514 g/mol. The molecule has 1 saturated heterocycles. The molecule has 0 bridgehead atoms. The monoisotopic (exact) mass is 553 g/mol. The van der Waals surface area contributed by atoms with Crippen molar-refractivity contribution in [3.05, 3.63) is 35.9 Å². The van der Waals surface area contributed by atoms with Crippen molar-refractivity contribution >= 4 is 35.9 Å². The number of Topliss-reactive ketones (excluding diaryl/α,β-unsaturated/α-hetero) is 1. The van der Waals surface area contributed by atoms with Crippen molar-refractivity contribution in [3.63, 3.8) is 0 Å². The number of alkyl carbamates (subject to hydrolysis) is 1. The van der Waals surface area contributed by atoms with E-state index in [4.69, 9.17) is 4.74 Å². The van der Waals surface area contributed by atoms with Gasteiger partial charge in [-0.1, -0.05) is 62.4 Å². The standard InChI is InChI=1S/C30H39N3O7/c34-18-23(17-22-12-7-13-26(22)35)31-28(37)25(16-20-8-3-1-4-9-20)33-27(36)15-14-24(29(33)38)32-30(39)40-19-21-10-5-2-6-11-21/h2,5-6,10-11,18,20,22-25H,1,3-4,7-9,12-17,19H2,(H,31,37)(H,32,39)/t22?,23-,24-,25?/m0/s1. The van der Waals surface area contributed by atoms with Crippen LogP contribution in [0.3, 0.4) is 0 Å². The number of ketones is 1. The molecule has 1 aromatic carbocycles. The number of aldehydes is 1. The zero-order chi connectivity index (χ0) is 28.5. The number of nitrogens with one attached hydrogen (secondary N) is 2. The molecule has 0 spiro atoms. The Balaban J connectivity index is 1.45. The van der Waals surface area contributed by atoms with Gasteiger partial charge < -0.3 is 20.2 Å². The van der Waals surface area contributed by atoms with E-state index >= 15 is 0 Å². The smallest absolute Gasteiger partial charge is 0.408 e. The molecule has 10 nitrogen and oxygen atoms in total. The van der Waals surface area contributed by atoms with E-state index in [0.29, 0.717) is 25.5 Å². The van der Waals surface area contributed by atoms with Crippen LogP contribution < -0.4 is 10.6 Å². The van der Waals surface area contributed by atoms with E-state index in [-0.39, 0.29) is 43.5 Å². The Bertz CT molecular complexity index is 1090. The van der Waals surface area contributed by atoms with Crippen molar-refractivity contribution < 1.29 is 33.5 Å². The average Bonchev–Trinajstić information content (AvgIpc) is 3.37. The summed E-state index contributed by atoms with van der Waals surface area (Å²) in [5.74, 6) is -1.75. The number of hydrogen-bond acceptors (Lipinski definition) is 7. The number of carbonyl (C=O) groups excluding carboxylic acids is 6. The molecule has 1 aromatic rings. The molecule has 2 saturated carbocycles. The molecule has 3 fully saturated rings. The maximum Gasteiger partial charge on any atom is 0.408 e. The first-order chi connectivity index (χ1) is 19.4. The number of imide groups is 1. The lowest BCUT2D eigenvalue weighted by Crippen LogP contribution is -2.61. The molecule has 2 aliphatic carbocycles. The lowest BCUT2D eigenvalue weighted by molar-refractivity contribution is -0.157. The summed E-state index contributed by atoms with van der Waals surface area (Å²) >= 11 is 0. The molecular formula is C30H39N3O7. The van der Waals surface area contributed by atoms with Gasteiger partial charge in [0.2, 0.25) is 11.8 Å². The Morgan fingerprint density at radius 2 is 1.70 bits per heavy atom. The molecule has 1 aliphatic heterocycles. The number of rotatable bonds is 11. The minimum absolute atomic E-state index is 0.0164. The van der Waals surface area contributed by atoms with Crippen LogP contribution >= 0.6 is 0 Å². The van der Waals surface area contributed by atoms with Crippen LogP contribution in [0, 0.1) is 11.8 Å². The van der Waals surface area contributed by atoms with Crippen molar-refractivity contribution in [2.45, 2.75) is 102 Å². The molecule has 1 heterocycles. The molecule has 3 aliphatic rings. The predicted molar refractivity (Wildman–Crippen MR) is 145 cm³/mol. The number of carbonyl (C=O) groups is 6. The molecule has 2 unspecified atom stereocenters. The van der Waals surface area contributed by atoms with Crippen LogP contribution in [0.25, 0.3) is 0 Å². The molecule has 2 N–H and O–H groups in total. The van der Waals surface area contributed by atoms with Crippen LogP contribution in [0.2, 0.25) is 0 Å². The summed E-state index contributed by atoms with van der Waals surface area (Å²) in [6, 6.07) is 6.11. The highest BCUT2D eigenvalue weighted by Crippen LogP contribution is 2.31. The number of ether oxygens (including phenoxy) is 1. The third-order valence-electron chi connectivity index (χ3n) is 8.31. The molecule has 0 aromatic heterocycles. The molecule has 0 radical (unpaired) electrons. The van der Waals surface area contributed by atoms with Crippen molar-refractivity contribution in [1.29, 1.82) is 0 Å². The Morgan fingerprint density at radius 3 is 2.38 bits per heavy atom. The zero-order valence-corrected chi connectivity index (χ0v) is 22.8. The average molecular weight is 554 g/mol. The van der Waals surface area contributed by atoms with Crippen LogP contribution in [0.5, 0.6) is 0 Å². The van der Waals surface area contributed by atoms with E-state index in [2.05, 4.69) is 10.6 Å². The second-order valence-electron chi connectivity index (χ2n) is 11.2. The molecule has 4 rings (SSSR count). The number of amides is 4. The van der Waals surface area contributed by atoms with Gasteiger partial charge in [-0.25, -0.2) is 4.79 Å². The predicted octanol–water partition coefficient (Wildman–Crippen LogP) is 3.21. The highest BCUT2D eigenvalue weighted by atomic mass is 16.5. The molecule has 4 amide bonds. The zero-order valence-electron chi connectivity index (χ0n) is 22.8. The number of hydrogen-bond donors (Lipinski definition) is 2. The summed E-state index contributed by atoms with van der Waals surface area (Å²) in [7, 11) is 0. The van der Waals surface area contributed by atoms with Crippen LogP contribution in [-0.4, -0.2) is 58.9 Å². The second-order valence-corrected chi connectivity index (χ2v) is 11.2. The van der Waals surface area contributed by atoms with Gasteiger partial charge in [-0.2, -0.15) is 0 Å². The number of likely N-dealkylation sites (tertiary alicyclic amines) is 1. The van der Waals surface area contributed by atoms with Gasteiger partial charge >= 0.3 is 6.09 Å². The largest absolute Gasteiger partial charge is 0.445 e. The summed E-state index contributed by atoms with van der Waals surface area (Å²) in [5.41, 5.74) is 0.790. The van der Waals surface area contributed by atoms with E-state index in [1.54, 1.807) is 0 Å². The van der Waals surface area contributed by atoms with E-state index < -0.39 is 41.9 Å². The topological polar surface area (TPSA) is 139 Å². The van der Waals surface area contributed by atoms with Gasteiger partial charge in [-0.15, -0.1) is 0 Å². The first kappa shape index (κ1) is 29.4. The SMILES string of the molecule is O=C[C@H](CC1CCCC1=O)NC(=O)C(CC1CCCCC1)N1C(=O)CC[C@H](NC(=O)OCc2ccccc2)C1=O. The summed E-state index contributed by atoms with van der Waals surface area (Å²) in [4.78, 5) is 77.7. The van der Waals surface area contributed by atoms with Crippen molar-refractivity contribution in [1.82, 2.24) is 15.5 Å². The van der Waals surface area contributed by atoms with Crippen LogP contribution in [0.4, 0.5) is 4.79 Å². The Kier molecular flexibility index (Phi) is 10.4. The first-order valence-corrected chi connectivity index (χ1v) is 14.5. The van der Waals surface area contributed by atoms with Gasteiger partial charge in [-0.3, -0.25) is 24.1 Å². The van der Waals surface area contributed by atoms with Gasteiger partial charge in [0.1, 0.15) is 30.8 Å². The second kappa shape index (κ2) is 14.2. The van der Waals surface area contributed by atoms with Crippen molar-refractivity contribution in [3.8, 4) is 0 Å². The van der Waals surface area contributed by atoms with Crippen LogP contribution in [0.1, 0.15) is 82.6 Å². The Morgan fingerprint density at radius 1 is 0.950 bits per heavy atom. The summed E-state index contributed by atoms with van der Waals surface area (Å²) in [5, 5.41) is 5.28. The third kappa shape index (κ3) is 7.76. The number of nitrogens with zero attached hydrogens (tertiary/aromatic N) is 1. The highest BCUT2D eigenvalue weighted by molar-refractivity contribution is 6.05. The number of benzene rings is 1. The van der Waals surface area contributed by atoms with E-state index in [9.17, 15) is 28.8 Å². The normalized spacial score (nSPS) is 23.4. The minimum Gasteiger partial charge on any atom is -0.445 e. The van der Waals surface area contributed by atoms with E-state index in [1.165, 1.54) is 0 Å². The summed E-state index contributed by atoms with van der Waals surface area (Å²) in [6.45, 7) is 0.0273. The highest BCUT2D eigenvalue weighted by Gasteiger charge is 2.43. The van der Waals surface area contributed by atoms with Crippen molar-refractivity contribution in [2.75, 3.05) is 0 Å².